The second kappa shape index (κ2) is 9.71. The molecular formula is C20H20Cl2N4O3. The number of carbonyl (C=O) groups excluding carboxylic acids is 3. The molecular weight excluding hydrogens is 415 g/mol. The molecule has 0 aliphatic carbocycles. The third-order valence-electron chi connectivity index (χ3n) is 4.62. The van der Waals surface area contributed by atoms with Crippen molar-refractivity contribution in [2.45, 2.75) is 18.9 Å². The van der Waals surface area contributed by atoms with Gasteiger partial charge in [-0.05, 0) is 43.2 Å². The highest BCUT2D eigenvalue weighted by atomic mass is 35.5. The van der Waals surface area contributed by atoms with Crippen molar-refractivity contribution in [1.29, 1.82) is 0 Å². The third kappa shape index (κ3) is 5.46. The first-order valence-corrected chi connectivity index (χ1v) is 9.91. The Morgan fingerprint density at radius 3 is 2.66 bits per heavy atom. The van der Waals surface area contributed by atoms with Gasteiger partial charge >= 0.3 is 0 Å². The van der Waals surface area contributed by atoms with Gasteiger partial charge in [-0.15, -0.1) is 0 Å². The Morgan fingerprint density at radius 1 is 1.10 bits per heavy atom. The van der Waals surface area contributed by atoms with Crippen LogP contribution in [0, 0.1) is 0 Å². The molecule has 7 nitrogen and oxygen atoms in total. The molecule has 1 saturated heterocycles. The summed E-state index contributed by atoms with van der Waals surface area (Å²) < 4.78 is 0. The number of likely N-dealkylation sites (tertiary alicyclic amines) is 1. The van der Waals surface area contributed by atoms with Crippen molar-refractivity contribution in [3.8, 4) is 0 Å². The lowest BCUT2D eigenvalue weighted by molar-refractivity contribution is -0.133. The number of hydrogen-bond donors (Lipinski definition) is 2. The number of nitrogens with zero attached hydrogens (tertiary/aromatic N) is 2. The van der Waals surface area contributed by atoms with Crippen LogP contribution in [0.2, 0.25) is 10.0 Å². The third-order valence-corrected chi connectivity index (χ3v) is 5.17. The molecule has 1 aliphatic heterocycles. The summed E-state index contributed by atoms with van der Waals surface area (Å²) in [7, 11) is 0. The number of halogens is 2. The number of amides is 3. The highest BCUT2D eigenvalue weighted by Gasteiger charge is 2.30. The predicted octanol–water partition coefficient (Wildman–Crippen LogP) is 2.60. The summed E-state index contributed by atoms with van der Waals surface area (Å²) in [6.45, 7) is 0.218. The Bertz CT molecular complexity index is 908. The highest BCUT2D eigenvalue weighted by molar-refractivity contribution is 6.36. The normalized spacial score (nSPS) is 15.8. The first-order chi connectivity index (χ1) is 14.0. The van der Waals surface area contributed by atoms with Gasteiger partial charge in [0.2, 0.25) is 11.8 Å². The van der Waals surface area contributed by atoms with Crippen LogP contribution in [0.15, 0.2) is 42.6 Å². The van der Waals surface area contributed by atoms with Crippen molar-refractivity contribution in [3.63, 3.8) is 0 Å². The molecule has 9 heteroatoms. The minimum Gasteiger partial charge on any atom is -0.345 e. The molecule has 2 aromatic rings. The Labute approximate surface area is 178 Å². The fourth-order valence-electron chi connectivity index (χ4n) is 3.21. The zero-order valence-electron chi connectivity index (χ0n) is 15.5. The molecule has 0 bridgehead atoms. The second-order valence-corrected chi connectivity index (χ2v) is 7.43. The molecule has 1 unspecified atom stereocenters. The standard InChI is InChI=1S/C20H20Cl2N4O3/c21-13-6-7-14(15(22)10-13)20(29)25-11-18(27)24-12-19(28)26-9-3-5-17(26)16-4-1-2-8-23-16/h1-2,4,6-8,10,17H,3,5,9,11-12H2,(H,24,27)(H,25,29). The second-order valence-electron chi connectivity index (χ2n) is 6.58. The van der Waals surface area contributed by atoms with Crippen molar-refractivity contribution in [3.05, 3.63) is 63.9 Å². The fraction of sp³-hybridized carbons (Fsp3) is 0.300. The molecule has 3 amide bonds. The Morgan fingerprint density at radius 2 is 1.93 bits per heavy atom. The van der Waals surface area contributed by atoms with E-state index >= 15 is 0 Å². The Kier molecular flexibility index (Phi) is 7.06. The first-order valence-electron chi connectivity index (χ1n) is 9.16. The maximum atomic E-state index is 12.5. The van der Waals surface area contributed by atoms with Gasteiger partial charge in [0.05, 0.1) is 35.4 Å². The smallest absolute Gasteiger partial charge is 0.253 e. The average Bonchev–Trinajstić information content (AvgIpc) is 3.21. The van der Waals surface area contributed by atoms with E-state index in [2.05, 4.69) is 15.6 Å². The van der Waals surface area contributed by atoms with Crippen LogP contribution in [-0.2, 0) is 9.59 Å². The van der Waals surface area contributed by atoms with E-state index in [-0.39, 0.29) is 35.6 Å². The quantitative estimate of drug-likeness (QED) is 0.730. The lowest BCUT2D eigenvalue weighted by Gasteiger charge is -2.24. The minimum atomic E-state index is -0.497. The van der Waals surface area contributed by atoms with Gasteiger partial charge in [-0.2, -0.15) is 0 Å². The fourth-order valence-corrected chi connectivity index (χ4v) is 3.71. The topological polar surface area (TPSA) is 91.4 Å². The van der Waals surface area contributed by atoms with Crippen LogP contribution in [0.4, 0.5) is 0 Å². The SMILES string of the molecule is O=C(CNC(=O)c1ccc(Cl)cc1Cl)NCC(=O)N1CCCC1c1ccccn1. The van der Waals surface area contributed by atoms with E-state index in [1.54, 1.807) is 11.1 Å². The molecule has 2 N–H and O–H groups in total. The zero-order chi connectivity index (χ0) is 20.8. The molecule has 0 radical (unpaired) electrons. The Hall–Kier alpha value is -2.64. The van der Waals surface area contributed by atoms with Crippen LogP contribution < -0.4 is 10.6 Å². The van der Waals surface area contributed by atoms with E-state index < -0.39 is 11.8 Å². The molecule has 1 aromatic carbocycles. The zero-order valence-corrected chi connectivity index (χ0v) is 17.0. The van der Waals surface area contributed by atoms with Crippen LogP contribution in [0.3, 0.4) is 0 Å². The largest absolute Gasteiger partial charge is 0.345 e. The number of aromatic nitrogens is 1. The van der Waals surface area contributed by atoms with E-state index in [9.17, 15) is 14.4 Å². The van der Waals surface area contributed by atoms with Crippen molar-refractivity contribution in [1.82, 2.24) is 20.5 Å². The molecule has 0 saturated carbocycles. The van der Waals surface area contributed by atoms with Crippen LogP contribution >= 0.6 is 23.2 Å². The van der Waals surface area contributed by atoms with Gasteiger partial charge < -0.3 is 15.5 Å². The molecule has 0 spiro atoms. The summed E-state index contributed by atoms with van der Waals surface area (Å²) >= 11 is 11.8. The number of benzene rings is 1. The summed E-state index contributed by atoms with van der Waals surface area (Å²) in [5.41, 5.74) is 1.06. The van der Waals surface area contributed by atoms with Gasteiger partial charge in [-0.25, -0.2) is 0 Å². The van der Waals surface area contributed by atoms with Gasteiger partial charge in [0.25, 0.3) is 5.91 Å². The molecule has 1 fully saturated rings. The van der Waals surface area contributed by atoms with Gasteiger partial charge in [0, 0.05) is 17.8 Å². The van der Waals surface area contributed by atoms with Crippen molar-refractivity contribution in [2.75, 3.05) is 19.6 Å². The maximum Gasteiger partial charge on any atom is 0.253 e. The van der Waals surface area contributed by atoms with Crippen molar-refractivity contribution >= 4 is 40.9 Å². The molecule has 152 valence electrons. The number of pyridine rings is 1. The molecule has 3 rings (SSSR count). The van der Waals surface area contributed by atoms with Crippen LogP contribution in [0.25, 0.3) is 0 Å². The monoisotopic (exact) mass is 434 g/mol. The van der Waals surface area contributed by atoms with E-state index in [0.717, 1.165) is 18.5 Å². The van der Waals surface area contributed by atoms with Crippen LogP contribution in [0.5, 0.6) is 0 Å². The van der Waals surface area contributed by atoms with E-state index in [1.165, 1.54) is 18.2 Å². The predicted molar refractivity (Wildman–Crippen MR) is 110 cm³/mol. The van der Waals surface area contributed by atoms with Gasteiger partial charge in [0.15, 0.2) is 0 Å². The van der Waals surface area contributed by atoms with Crippen LogP contribution in [0.1, 0.15) is 34.9 Å². The summed E-state index contributed by atoms with van der Waals surface area (Å²) in [6.07, 6.45) is 3.43. The van der Waals surface area contributed by atoms with Crippen molar-refractivity contribution < 1.29 is 14.4 Å². The van der Waals surface area contributed by atoms with E-state index in [4.69, 9.17) is 23.2 Å². The van der Waals surface area contributed by atoms with E-state index in [1.807, 2.05) is 18.2 Å². The molecule has 1 atom stereocenters. The molecule has 1 aliphatic rings. The maximum absolute atomic E-state index is 12.5. The minimum absolute atomic E-state index is 0.0765. The summed E-state index contributed by atoms with van der Waals surface area (Å²) in [6, 6.07) is 10.0. The summed E-state index contributed by atoms with van der Waals surface area (Å²) in [5.74, 6) is -1.15. The first kappa shape index (κ1) is 21.1. The highest BCUT2D eigenvalue weighted by Crippen LogP contribution is 2.30. The van der Waals surface area contributed by atoms with Gasteiger partial charge in [-0.3, -0.25) is 19.4 Å². The molecule has 1 aromatic heterocycles. The average molecular weight is 435 g/mol. The van der Waals surface area contributed by atoms with Gasteiger partial charge in [0.1, 0.15) is 0 Å². The number of carbonyl (C=O) groups is 3. The van der Waals surface area contributed by atoms with Gasteiger partial charge in [-0.1, -0.05) is 29.3 Å². The molecule has 2 heterocycles. The number of nitrogens with one attached hydrogen (secondary N) is 2. The van der Waals surface area contributed by atoms with Crippen LogP contribution in [-0.4, -0.2) is 47.2 Å². The lowest BCUT2D eigenvalue weighted by Crippen LogP contribution is -2.43. The number of hydrogen-bond acceptors (Lipinski definition) is 4. The summed E-state index contributed by atoms with van der Waals surface area (Å²) in [5, 5.41) is 5.62. The Balaban J connectivity index is 1.47. The number of rotatable bonds is 6. The lowest BCUT2D eigenvalue weighted by atomic mass is 10.1. The van der Waals surface area contributed by atoms with E-state index in [0.29, 0.717) is 11.6 Å². The summed E-state index contributed by atoms with van der Waals surface area (Å²) in [4.78, 5) is 42.8. The molecule has 29 heavy (non-hydrogen) atoms. The van der Waals surface area contributed by atoms with Crippen molar-refractivity contribution in [2.24, 2.45) is 0 Å².